The highest BCUT2D eigenvalue weighted by Crippen LogP contribution is 2.33. The van der Waals surface area contributed by atoms with Crippen molar-refractivity contribution in [2.45, 2.75) is 20.4 Å². The summed E-state index contributed by atoms with van der Waals surface area (Å²) in [4.78, 5) is 0. The van der Waals surface area contributed by atoms with Gasteiger partial charge in [-0.2, -0.15) is 0 Å². The Hall–Kier alpha value is -0.580. The van der Waals surface area contributed by atoms with Gasteiger partial charge in [0, 0.05) is 0 Å². The average molecular weight is 335 g/mol. The van der Waals surface area contributed by atoms with E-state index in [0.717, 1.165) is 6.54 Å². The second-order valence-electron chi connectivity index (χ2n) is 4.63. The predicted octanol–water partition coefficient (Wildman–Crippen LogP) is 4.73. The Kier molecular flexibility index (Phi) is 4.30. The van der Waals surface area contributed by atoms with Crippen molar-refractivity contribution >= 4 is 38.5 Å². The molecule has 0 aliphatic rings. The van der Waals surface area contributed by atoms with Crippen LogP contribution in [-0.2, 0) is 6.54 Å². The maximum absolute atomic E-state index is 13.8. The number of hydrogen-bond acceptors (Lipinski definition) is 2. The van der Waals surface area contributed by atoms with Crippen LogP contribution in [-0.4, -0.2) is 6.54 Å². The molecule has 1 aromatic carbocycles. The number of furan rings is 1. The Morgan fingerprint density at radius 2 is 2.17 bits per heavy atom. The minimum atomic E-state index is -0.436. The van der Waals surface area contributed by atoms with Gasteiger partial charge in [0.1, 0.15) is 5.76 Å². The Labute approximate surface area is 119 Å². The van der Waals surface area contributed by atoms with Crippen molar-refractivity contribution in [2.75, 3.05) is 6.54 Å². The molecule has 1 heterocycles. The van der Waals surface area contributed by atoms with E-state index in [-0.39, 0.29) is 5.02 Å². The van der Waals surface area contributed by atoms with E-state index in [1.807, 2.05) is 0 Å². The fourth-order valence-corrected chi connectivity index (χ4v) is 2.59. The zero-order valence-electron chi connectivity index (χ0n) is 10.2. The van der Waals surface area contributed by atoms with Gasteiger partial charge >= 0.3 is 0 Å². The first-order chi connectivity index (χ1) is 8.49. The summed E-state index contributed by atoms with van der Waals surface area (Å²) >= 11 is 9.11. The minimum Gasteiger partial charge on any atom is -0.458 e. The normalized spacial score (nSPS) is 11.7. The third-order valence-electron chi connectivity index (χ3n) is 2.55. The number of fused-ring (bicyclic) bond motifs is 1. The van der Waals surface area contributed by atoms with Crippen molar-refractivity contribution in [1.82, 2.24) is 5.32 Å². The second-order valence-corrected chi connectivity index (χ2v) is 5.90. The maximum atomic E-state index is 13.8. The molecule has 0 spiro atoms. The molecular weight excluding hydrogens is 321 g/mol. The molecule has 0 unspecified atom stereocenters. The number of rotatable bonds is 4. The van der Waals surface area contributed by atoms with Gasteiger partial charge in [0.2, 0.25) is 0 Å². The molecule has 1 N–H and O–H groups in total. The van der Waals surface area contributed by atoms with Gasteiger partial charge in [-0.05, 0) is 40.5 Å². The van der Waals surface area contributed by atoms with E-state index in [9.17, 15) is 4.39 Å². The Bertz CT molecular complexity index is 568. The molecule has 1 aromatic heterocycles. The van der Waals surface area contributed by atoms with Crippen LogP contribution in [0.4, 0.5) is 4.39 Å². The Morgan fingerprint density at radius 1 is 1.44 bits per heavy atom. The van der Waals surface area contributed by atoms with Gasteiger partial charge in [0.25, 0.3) is 0 Å². The standard InChI is InChI=1S/C13H14BrClFNO/c1-7(2)5-17-6-8-3-9-12(16)11(15)4-10(14)13(9)18-8/h3-4,7,17H,5-6H2,1-2H3. The number of hydrogen-bond donors (Lipinski definition) is 1. The van der Waals surface area contributed by atoms with Gasteiger partial charge < -0.3 is 9.73 Å². The summed E-state index contributed by atoms with van der Waals surface area (Å²) < 4.78 is 20.1. The summed E-state index contributed by atoms with van der Waals surface area (Å²) in [6.07, 6.45) is 0. The first-order valence-corrected chi connectivity index (χ1v) is 6.92. The lowest BCUT2D eigenvalue weighted by molar-refractivity contribution is 0.484. The van der Waals surface area contributed by atoms with Gasteiger partial charge in [-0.25, -0.2) is 4.39 Å². The molecule has 0 atom stereocenters. The van der Waals surface area contributed by atoms with E-state index in [1.165, 1.54) is 6.07 Å². The van der Waals surface area contributed by atoms with Crippen molar-refractivity contribution in [3.63, 3.8) is 0 Å². The molecule has 0 bridgehead atoms. The summed E-state index contributed by atoms with van der Waals surface area (Å²) in [5, 5.41) is 3.76. The maximum Gasteiger partial charge on any atom is 0.152 e. The van der Waals surface area contributed by atoms with Crippen LogP contribution in [0.25, 0.3) is 11.0 Å². The van der Waals surface area contributed by atoms with Crippen LogP contribution in [0.3, 0.4) is 0 Å². The summed E-state index contributed by atoms with van der Waals surface area (Å²) in [6.45, 7) is 5.72. The van der Waals surface area contributed by atoms with Crippen LogP contribution in [0.2, 0.25) is 5.02 Å². The fourth-order valence-electron chi connectivity index (χ4n) is 1.72. The molecule has 5 heteroatoms. The molecule has 0 amide bonds. The van der Waals surface area contributed by atoms with Gasteiger partial charge in [-0.3, -0.25) is 0 Å². The lowest BCUT2D eigenvalue weighted by Crippen LogP contribution is -2.18. The smallest absolute Gasteiger partial charge is 0.152 e. The van der Waals surface area contributed by atoms with Gasteiger partial charge in [0.05, 0.1) is 21.4 Å². The predicted molar refractivity (Wildman–Crippen MR) is 75.4 cm³/mol. The summed E-state index contributed by atoms with van der Waals surface area (Å²) in [6, 6.07) is 3.20. The molecule has 2 aromatic rings. The van der Waals surface area contributed by atoms with Crippen molar-refractivity contribution in [3.8, 4) is 0 Å². The highest BCUT2D eigenvalue weighted by molar-refractivity contribution is 9.10. The molecule has 0 aliphatic carbocycles. The Morgan fingerprint density at radius 3 is 2.83 bits per heavy atom. The van der Waals surface area contributed by atoms with Crippen LogP contribution in [0.1, 0.15) is 19.6 Å². The SMILES string of the molecule is CC(C)CNCc1cc2c(F)c(Cl)cc(Br)c2o1. The monoisotopic (exact) mass is 333 g/mol. The number of benzene rings is 1. The second kappa shape index (κ2) is 5.59. The van der Waals surface area contributed by atoms with Crippen LogP contribution in [0.15, 0.2) is 21.0 Å². The first kappa shape index (κ1) is 13.8. The van der Waals surface area contributed by atoms with Crippen LogP contribution < -0.4 is 5.32 Å². The molecule has 0 radical (unpaired) electrons. The lowest BCUT2D eigenvalue weighted by atomic mass is 10.2. The molecular formula is C13H14BrClFNO. The van der Waals surface area contributed by atoms with Crippen LogP contribution in [0.5, 0.6) is 0 Å². The van der Waals surface area contributed by atoms with Crippen molar-refractivity contribution in [1.29, 1.82) is 0 Å². The molecule has 2 rings (SSSR count). The van der Waals surface area contributed by atoms with Crippen molar-refractivity contribution < 1.29 is 8.81 Å². The summed E-state index contributed by atoms with van der Waals surface area (Å²) in [5.74, 6) is 0.827. The summed E-state index contributed by atoms with van der Waals surface area (Å²) in [5.41, 5.74) is 0.498. The highest BCUT2D eigenvalue weighted by Gasteiger charge is 2.14. The number of nitrogens with one attached hydrogen (secondary N) is 1. The average Bonchev–Trinajstić information content (AvgIpc) is 2.70. The molecule has 0 saturated carbocycles. The van der Waals surface area contributed by atoms with Gasteiger partial charge in [-0.1, -0.05) is 25.4 Å². The minimum absolute atomic E-state index is 0.0943. The van der Waals surface area contributed by atoms with Crippen LogP contribution >= 0.6 is 27.5 Å². The Balaban J connectivity index is 2.27. The van der Waals surface area contributed by atoms with E-state index < -0.39 is 5.82 Å². The molecule has 98 valence electrons. The fraction of sp³-hybridized carbons (Fsp3) is 0.385. The molecule has 18 heavy (non-hydrogen) atoms. The molecule has 0 fully saturated rings. The zero-order chi connectivity index (χ0) is 13.3. The molecule has 0 saturated heterocycles. The van der Waals surface area contributed by atoms with Crippen LogP contribution in [0, 0.1) is 11.7 Å². The third-order valence-corrected chi connectivity index (χ3v) is 3.42. The molecule has 2 nitrogen and oxygen atoms in total. The summed E-state index contributed by atoms with van der Waals surface area (Å²) in [7, 11) is 0. The van der Waals surface area contributed by atoms with E-state index in [2.05, 4.69) is 35.1 Å². The number of halogens is 3. The van der Waals surface area contributed by atoms with E-state index in [4.69, 9.17) is 16.0 Å². The third kappa shape index (κ3) is 2.87. The van der Waals surface area contributed by atoms with E-state index in [0.29, 0.717) is 33.7 Å². The van der Waals surface area contributed by atoms with E-state index >= 15 is 0 Å². The first-order valence-electron chi connectivity index (χ1n) is 5.75. The van der Waals surface area contributed by atoms with Gasteiger partial charge in [0.15, 0.2) is 11.4 Å². The van der Waals surface area contributed by atoms with Gasteiger partial charge in [-0.15, -0.1) is 0 Å². The van der Waals surface area contributed by atoms with E-state index in [1.54, 1.807) is 6.07 Å². The van der Waals surface area contributed by atoms with Crippen molar-refractivity contribution in [3.05, 3.63) is 33.2 Å². The van der Waals surface area contributed by atoms with Crippen molar-refractivity contribution in [2.24, 2.45) is 5.92 Å². The highest BCUT2D eigenvalue weighted by atomic mass is 79.9. The quantitative estimate of drug-likeness (QED) is 0.817. The zero-order valence-corrected chi connectivity index (χ0v) is 12.5. The largest absolute Gasteiger partial charge is 0.458 e. The topological polar surface area (TPSA) is 25.2 Å². The lowest BCUT2D eigenvalue weighted by Gasteiger charge is -2.04. The molecule has 0 aliphatic heterocycles.